The first-order valence-electron chi connectivity index (χ1n) is 6.43. The first kappa shape index (κ1) is 15.7. The summed E-state index contributed by atoms with van der Waals surface area (Å²) in [5, 5.41) is 19.0. The van der Waals surface area contributed by atoms with Crippen LogP contribution in [0.1, 0.15) is 11.1 Å². The van der Waals surface area contributed by atoms with Crippen LogP contribution in [0.2, 0.25) is 5.02 Å². The molecular weight excluding hydrogens is 290 g/mol. The van der Waals surface area contributed by atoms with E-state index in [2.05, 4.69) is 0 Å². The molecule has 0 atom stereocenters. The van der Waals surface area contributed by atoms with E-state index in [0.29, 0.717) is 27.5 Å². The summed E-state index contributed by atoms with van der Waals surface area (Å²) in [6, 6.07) is 10.4. The van der Waals surface area contributed by atoms with Gasteiger partial charge in [-0.2, -0.15) is 0 Å². The molecule has 0 aliphatic heterocycles. The van der Waals surface area contributed by atoms with Gasteiger partial charge in [-0.3, -0.25) is 0 Å². The van der Waals surface area contributed by atoms with Crippen LogP contribution in [0, 0.1) is 6.92 Å². The molecule has 110 valence electrons. The Bertz CT molecular complexity index is 631. The number of rotatable bonds is 5. The molecule has 0 radical (unpaired) electrons. The van der Waals surface area contributed by atoms with E-state index in [1.165, 1.54) is 0 Å². The summed E-state index contributed by atoms with van der Waals surface area (Å²) in [5.74, 6) is 1.18. The lowest BCUT2D eigenvalue weighted by atomic mass is 9.79. The van der Waals surface area contributed by atoms with Crippen molar-refractivity contribution in [1.29, 1.82) is 0 Å². The topological polar surface area (TPSA) is 58.9 Å². The maximum atomic E-state index is 9.22. The molecule has 0 aliphatic carbocycles. The maximum Gasteiger partial charge on any atom is 0.488 e. The van der Waals surface area contributed by atoms with Gasteiger partial charge in [0, 0.05) is 5.56 Å². The molecule has 0 aliphatic rings. The molecule has 0 bridgehead atoms. The van der Waals surface area contributed by atoms with E-state index in [0.717, 1.165) is 5.56 Å². The molecule has 0 saturated carbocycles. The first-order chi connectivity index (χ1) is 10.0. The zero-order chi connectivity index (χ0) is 15.4. The molecule has 2 rings (SSSR count). The van der Waals surface area contributed by atoms with Crippen molar-refractivity contribution in [2.45, 2.75) is 13.5 Å². The predicted molar refractivity (Wildman–Crippen MR) is 83.3 cm³/mol. The molecule has 4 nitrogen and oxygen atoms in total. The number of hydrogen-bond donors (Lipinski definition) is 2. The Balaban J connectivity index is 2.20. The normalized spacial score (nSPS) is 10.3. The van der Waals surface area contributed by atoms with Gasteiger partial charge in [0.05, 0.1) is 12.1 Å². The highest BCUT2D eigenvalue weighted by atomic mass is 35.5. The Hall–Kier alpha value is -1.69. The van der Waals surface area contributed by atoms with Gasteiger partial charge in [-0.15, -0.1) is 0 Å². The number of benzene rings is 2. The quantitative estimate of drug-likeness (QED) is 0.829. The fourth-order valence-electron chi connectivity index (χ4n) is 1.95. The van der Waals surface area contributed by atoms with E-state index in [1.807, 2.05) is 19.1 Å². The van der Waals surface area contributed by atoms with E-state index < -0.39 is 7.12 Å². The lowest BCUT2D eigenvalue weighted by Gasteiger charge is -2.13. The van der Waals surface area contributed by atoms with Gasteiger partial charge in [-0.1, -0.05) is 29.8 Å². The highest BCUT2D eigenvalue weighted by Gasteiger charge is 2.14. The number of methoxy groups -OCH3 is 1. The van der Waals surface area contributed by atoms with Gasteiger partial charge >= 0.3 is 7.12 Å². The fourth-order valence-corrected chi connectivity index (χ4v) is 2.24. The van der Waals surface area contributed by atoms with Gasteiger partial charge in [-0.05, 0) is 36.1 Å². The van der Waals surface area contributed by atoms with Gasteiger partial charge in [-0.25, -0.2) is 0 Å². The third-order valence-electron chi connectivity index (χ3n) is 3.07. The minimum atomic E-state index is -1.53. The number of hydrogen-bond acceptors (Lipinski definition) is 4. The molecule has 0 amide bonds. The second-order valence-electron chi connectivity index (χ2n) is 4.67. The zero-order valence-electron chi connectivity index (χ0n) is 11.8. The van der Waals surface area contributed by atoms with E-state index in [4.69, 9.17) is 21.1 Å². The lowest BCUT2D eigenvalue weighted by Crippen LogP contribution is -2.30. The molecule has 0 saturated heterocycles. The van der Waals surface area contributed by atoms with Crippen molar-refractivity contribution in [2.75, 3.05) is 7.11 Å². The summed E-state index contributed by atoms with van der Waals surface area (Å²) >= 11 is 6.11. The van der Waals surface area contributed by atoms with Crippen molar-refractivity contribution in [3.8, 4) is 11.5 Å². The van der Waals surface area contributed by atoms with Gasteiger partial charge in [0.2, 0.25) is 0 Å². The Kier molecular flexibility index (Phi) is 5.12. The number of aryl methyl sites for hydroxylation is 1. The minimum Gasteiger partial charge on any atom is -0.496 e. The minimum absolute atomic E-state index is 0.215. The average molecular weight is 307 g/mol. The summed E-state index contributed by atoms with van der Waals surface area (Å²) < 4.78 is 10.9. The van der Waals surface area contributed by atoms with Crippen molar-refractivity contribution in [3.63, 3.8) is 0 Å². The standard InChI is InChI=1S/C15H16BClO4/c1-10-3-5-15(13(17)7-10)21-9-11-8-12(16(18)19)4-6-14(11)20-2/h3-8,18-19H,9H2,1-2H3. The van der Waals surface area contributed by atoms with Crippen LogP contribution in [-0.4, -0.2) is 24.3 Å². The molecule has 2 N–H and O–H groups in total. The molecule has 2 aromatic carbocycles. The lowest BCUT2D eigenvalue weighted by molar-refractivity contribution is 0.297. The predicted octanol–water partition coefficient (Wildman–Crippen LogP) is 1.92. The SMILES string of the molecule is COc1ccc(B(O)O)cc1COc1ccc(C)cc1Cl. The fraction of sp³-hybridized carbons (Fsp3) is 0.200. The van der Waals surface area contributed by atoms with Crippen molar-refractivity contribution in [1.82, 2.24) is 0 Å². The number of halogens is 1. The van der Waals surface area contributed by atoms with Gasteiger partial charge in [0.1, 0.15) is 18.1 Å². The molecule has 0 fully saturated rings. The van der Waals surface area contributed by atoms with Gasteiger partial charge < -0.3 is 19.5 Å². The Morgan fingerprint density at radius 1 is 1.10 bits per heavy atom. The Morgan fingerprint density at radius 2 is 1.81 bits per heavy atom. The largest absolute Gasteiger partial charge is 0.496 e. The summed E-state index contributed by atoms with van der Waals surface area (Å²) in [6.45, 7) is 2.16. The summed E-state index contributed by atoms with van der Waals surface area (Å²) in [6.07, 6.45) is 0. The van der Waals surface area contributed by atoms with Crippen LogP contribution in [0.25, 0.3) is 0 Å². The summed E-state index contributed by atoms with van der Waals surface area (Å²) in [4.78, 5) is 0. The van der Waals surface area contributed by atoms with E-state index >= 15 is 0 Å². The van der Waals surface area contributed by atoms with E-state index in [9.17, 15) is 10.0 Å². The number of ether oxygens (including phenoxy) is 2. The molecule has 21 heavy (non-hydrogen) atoms. The second kappa shape index (κ2) is 6.85. The first-order valence-corrected chi connectivity index (χ1v) is 6.81. The molecule has 2 aromatic rings. The Labute approximate surface area is 129 Å². The average Bonchev–Trinajstić information content (AvgIpc) is 2.46. The van der Waals surface area contributed by atoms with E-state index in [-0.39, 0.29) is 6.61 Å². The zero-order valence-corrected chi connectivity index (χ0v) is 12.6. The van der Waals surface area contributed by atoms with E-state index in [1.54, 1.807) is 31.4 Å². The van der Waals surface area contributed by atoms with Crippen LogP contribution < -0.4 is 14.9 Å². The van der Waals surface area contributed by atoms with Crippen molar-refractivity contribution in [2.24, 2.45) is 0 Å². The van der Waals surface area contributed by atoms with Crippen LogP contribution in [-0.2, 0) is 6.61 Å². The second-order valence-corrected chi connectivity index (χ2v) is 5.07. The molecule has 0 spiro atoms. The van der Waals surface area contributed by atoms with Gasteiger partial charge in [0.25, 0.3) is 0 Å². The summed E-state index contributed by atoms with van der Waals surface area (Å²) in [5.41, 5.74) is 2.14. The molecule has 0 aromatic heterocycles. The molecule has 6 heteroatoms. The van der Waals surface area contributed by atoms with Crippen LogP contribution in [0.4, 0.5) is 0 Å². The highest BCUT2D eigenvalue weighted by molar-refractivity contribution is 6.58. The molecular formula is C15H16BClO4. The maximum absolute atomic E-state index is 9.22. The van der Waals surface area contributed by atoms with Crippen molar-refractivity contribution < 1.29 is 19.5 Å². The van der Waals surface area contributed by atoms with Crippen molar-refractivity contribution in [3.05, 3.63) is 52.5 Å². The Morgan fingerprint density at radius 3 is 2.43 bits per heavy atom. The van der Waals surface area contributed by atoms with Gasteiger partial charge in [0.15, 0.2) is 0 Å². The molecule has 0 heterocycles. The van der Waals surface area contributed by atoms with Crippen LogP contribution in [0.3, 0.4) is 0 Å². The summed E-state index contributed by atoms with van der Waals surface area (Å²) in [7, 11) is 0.0184. The third kappa shape index (κ3) is 3.91. The highest BCUT2D eigenvalue weighted by Crippen LogP contribution is 2.27. The van der Waals surface area contributed by atoms with Crippen LogP contribution in [0.5, 0.6) is 11.5 Å². The smallest absolute Gasteiger partial charge is 0.488 e. The monoisotopic (exact) mass is 306 g/mol. The molecule has 0 unspecified atom stereocenters. The van der Waals surface area contributed by atoms with Crippen LogP contribution in [0.15, 0.2) is 36.4 Å². The van der Waals surface area contributed by atoms with Crippen molar-refractivity contribution >= 4 is 24.2 Å². The third-order valence-corrected chi connectivity index (χ3v) is 3.37. The van der Waals surface area contributed by atoms with Crippen LogP contribution >= 0.6 is 11.6 Å².